The molecule has 0 aliphatic rings. The summed E-state index contributed by atoms with van der Waals surface area (Å²) in [6.07, 6.45) is 2.07. The number of hydrogen-bond acceptors (Lipinski definition) is 2. The average Bonchev–Trinajstić information content (AvgIpc) is 2.14. The van der Waals surface area contributed by atoms with Gasteiger partial charge >= 0.3 is 0 Å². The smallest absolute Gasteiger partial charge is 0.184 e. The molecule has 0 spiro atoms. The van der Waals surface area contributed by atoms with Crippen LogP contribution in [0.4, 0.5) is 5.00 Å². The molecule has 1 nitrogen and oxygen atoms in total. The molecule has 8 heavy (non-hydrogen) atoms. The van der Waals surface area contributed by atoms with E-state index in [4.69, 9.17) is 0 Å². The van der Waals surface area contributed by atoms with Crippen molar-refractivity contribution in [1.82, 2.24) is 0 Å². The van der Waals surface area contributed by atoms with Crippen LogP contribution in [0.2, 0.25) is 0 Å². The molecule has 1 heterocycles. The standard InChI is InChI=1S/C5H7NS2/c1-7-5-3-2-4(6)8-5/h2-3H,6H2,1H3/p+1. The Labute approximate surface area is 56.9 Å². The van der Waals surface area contributed by atoms with E-state index >= 15 is 0 Å². The van der Waals surface area contributed by atoms with Crippen molar-refractivity contribution in [2.45, 2.75) is 4.21 Å². The molecular formula is C5H8NS2+. The Hall–Kier alpha value is 0.01000. The first-order valence-electron chi connectivity index (χ1n) is 2.28. The Morgan fingerprint density at radius 2 is 2.38 bits per heavy atom. The lowest BCUT2D eigenvalue weighted by Gasteiger charge is -1.78. The van der Waals surface area contributed by atoms with Crippen molar-refractivity contribution in [3.63, 3.8) is 0 Å². The van der Waals surface area contributed by atoms with E-state index in [1.54, 1.807) is 23.1 Å². The second-order valence-electron chi connectivity index (χ2n) is 1.42. The molecule has 0 aromatic carbocycles. The van der Waals surface area contributed by atoms with Crippen molar-refractivity contribution in [2.24, 2.45) is 0 Å². The summed E-state index contributed by atoms with van der Waals surface area (Å²) in [4.78, 5) is 0. The molecule has 0 aliphatic heterocycles. The maximum absolute atomic E-state index is 3.79. The minimum Gasteiger partial charge on any atom is -0.316 e. The summed E-state index contributed by atoms with van der Waals surface area (Å²) < 4.78 is 1.34. The lowest BCUT2D eigenvalue weighted by Crippen LogP contribution is -2.38. The molecule has 3 N–H and O–H groups in total. The largest absolute Gasteiger partial charge is 0.316 e. The third-order valence-corrected chi connectivity index (χ3v) is 2.86. The van der Waals surface area contributed by atoms with Gasteiger partial charge < -0.3 is 5.73 Å². The maximum atomic E-state index is 3.79. The van der Waals surface area contributed by atoms with Gasteiger partial charge in [0.2, 0.25) is 0 Å². The first-order chi connectivity index (χ1) is 3.83. The summed E-state index contributed by atoms with van der Waals surface area (Å²) in [5.74, 6) is 0. The van der Waals surface area contributed by atoms with Gasteiger partial charge in [-0.25, -0.2) is 0 Å². The molecule has 1 aromatic heterocycles. The van der Waals surface area contributed by atoms with Crippen LogP contribution in [0.5, 0.6) is 0 Å². The highest BCUT2D eigenvalue weighted by atomic mass is 32.2. The summed E-state index contributed by atoms with van der Waals surface area (Å²) in [6.45, 7) is 0. The van der Waals surface area contributed by atoms with Gasteiger partial charge in [-0.1, -0.05) is 11.3 Å². The molecule has 0 amide bonds. The third-order valence-electron chi connectivity index (χ3n) is 0.838. The molecule has 44 valence electrons. The predicted octanol–water partition coefficient (Wildman–Crippen LogP) is 1.34. The van der Waals surface area contributed by atoms with Crippen molar-refractivity contribution < 1.29 is 5.73 Å². The monoisotopic (exact) mass is 146 g/mol. The van der Waals surface area contributed by atoms with Crippen LogP contribution in [0.25, 0.3) is 0 Å². The lowest BCUT2D eigenvalue weighted by molar-refractivity contribution is -0.248. The molecule has 0 saturated heterocycles. The van der Waals surface area contributed by atoms with E-state index in [2.05, 4.69) is 18.1 Å². The highest BCUT2D eigenvalue weighted by molar-refractivity contribution is 8.00. The fraction of sp³-hybridized carbons (Fsp3) is 0.200. The van der Waals surface area contributed by atoms with Crippen LogP contribution in [0.3, 0.4) is 0 Å². The first kappa shape index (κ1) is 6.13. The summed E-state index contributed by atoms with van der Waals surface area (Å²) >= 11 is 3.51. The Morgan fingerprint density at radius 3 is 2.62 bits per heavy atom. The van der Waals surface area contributed by atoms with Gasteiger partial charge in [-0.3, -0.25) is 0 Å². The van der Waals surface area contributed by atoms with Gasteiger partial charge in [0.05, 0.1) is 4.21 Å². The molecule has 0 saturated carbocycles. The topological polar surface area (TPSA) is 27.6 Å². The van der Waals surface area contributed by atoms with Crippen molar-refractivity contribution in [2.75, 3.05) is 6.26 Å². The minimum atomic E-state index is 1.15. The van der Waals surface area contributed by atoms with Gasteiger partial charge in [-0.15, -0.1) is 11.8 Å². The molecule has 1 aromatic rings. The Bertz CT molecular complexity index is 171. The van der Waals surface area contributed by atoms with E-state index < -0.39 is 0 Å². The second kappa shape index (κ2) is 2.53. The van der Waals surface area contributed by atoms with Crippen molar-refractivity contribution in [1.29, 1.82) is 0 Å². The number of thiophene rings is 1. The van der Waals surface area contributed by atoms with Crippen LogP contribution < -0.4 is 5.73 Å². The van der Waals surface area contributed by atoms with Gasteiger partial charge in [0, 0.05) is 6.07 Å². The highest BCUT2D eigenvalue weighted by Crippen LogP contribution is 2.25. The van der Waals surface area contributed by atoms with Crippen LogP contribution in [0.15, 0.2) is 16.3 Å². The van der Waals surface area contributed by atoms with Crippen molar-refractivity contribution in [3.05, 3.63) is 12.1 Å². The normalized spacial score (nSPS) is 9.75. The Kier molecular flexibility index (Phi) is 1.94. The van der Waals surface area contributed by atoms with Gasteiger partial charge in [-0.2, -0.15) is 0 Å². The summed E-state index contributed by atoms with van der Waals surface area (Å²) in [6, 6.07) is 4.13. The van der Waals surface area contributed by atoms with E-state index in [0.717, 1.165) is 5.00 Å². The molecule has 0 radical (unpaired) electrons. The van der Waals surface area contributed by atoms with Crippen LogP contribution >= 0.6 is 23.1 Å². The summed E-state index contributed by atoms with van der Waals surface area (Å²) in [5, 5.41) is 1.15. The van der Waals surface area contributed by atoms with E-state index in [9.17, 15) is 0 Å². The van der Waals surface area contributed by atoms with Gasteiger partial charge in [0.15, 0.2) is 5.00 Å². The lowest BCUT2D eigenvalue weighted by atomic mass is 10.6. The maximum Gasteiger partial charge on any atom is 0.184 e. The number of thioether (sulfide) groups is 1. The van der Waals surface area contributed by atoms with Crippen LogP contribution in [0.1, 0.15) is 0 Å². The second-order valence-corrected chi connectivity index (χ2v) is 3.70. The van der Waals surface area contributed by atoms with E-state index in [1.165, 1.54) is 4.21 Å². The summed E-state index contributed by atoms with van der Waals surface area (Å²) in [7, 11) is 0. The number of rotatable bonds is 1. The van der Waals surface area contributed by atoms with Crippen LogP contribution in [-0.4, -0.2) is 6.26 Å². The Morgan fingerprint density at radius 1 is 1.62 bits per heavy atom. The number of quaternary nitrogens is 1. The molecule has 0 fully saturated rings. The minimum absolute atomic E-state index is 1.15. The van der Waals surface area contributed by atoms with Crippen molar-refractivity contribution >= 4 is 28.1 Å². The zero-order chi connectivity index (χ0) is 5.98. The molecule has 0 bridgehead atoms. The molecule has 0 aliphatic carbocycles. The van der Waals surface area contributed by atoms with E-state index in [1.807, 2.05) is 6.07 Å². The van der Waals surface area contributed by atoms with Crippen LogP contribution in [0, 0.1) is 0 Å². The van der Waals surface area contributed by atoms with Crippen molar-refractivity contribution in [3.8, 4) is 0 Å². The Balaban J connectivity index is 2.84. The van der Waals surface area contributed by atoms with Gasteiger partial charge in [0.25, 0.3) is 0 Å². The molecule has 1 rings (SSSR count). The molecule has 0 unspecified atom stereocenters. The zero-order valence-corrected chi connectivity index (χ0v) is 6.31. The quantitative estimate of drug-likeness (QED) is 0.595. The third kappa shape index (κ3) is 1.24. The highest BCUT2D eigenvalue weighted by Gasteiger charge is 1.94. The van der Waals surface area contributed by atoms with Crippen LogP contribution in [-0.2, 0) is 0 Å². The predicted molar refractivity (Wildman–Crippen MR) is 38.6 cm³/mol. The van der Waals surface area contributed by atoms with Gasteiger partial charge in [-0.05, 0) is 12.3 Å². The number of hydrogen-bond donors (Lipinski definition) is 1. The van der Waals surface area contributed by atoms with E-state index in [0.29, 0.717) is 0 Å². The SMILES string of the molecule is CSc1ccc([NH3+])s1. The van der Waals surface area contributed by atoms with Gasteiger partial charge in [0.1, 0.15) is 0 Å². The molecule has 0 atom stereocenters. The molecular weight excluding hydrogens is 138 g/mol. The first-order valence-corrected chi connectivity index (χ1v) is 4.33. The average molecular weight is 146 g/mol. The fourth-order valence-electron chi connectivity index (χ4n) is 0.468. The van der Waals surface area contributed by atoms with E-state index in [-0.39, 0.29) is 0 Å². The molecule has 3 heteroatoms. The fourth-order valence-corrected chi connectivity index (χ4v) is 1.86. The summed E-state index contributed by atoms with van der Waals surface area (Å²) in [5.41, 5.74) is 3.79. The zero-order valence-electron chi connectivity index (χ0n) is 4.68.